The Morgan fingerprint density at radius 1 is 1.10 bits per heavy atom. The molecule has 2 aromatic rings. The van der Waals surface area contributed by atoms with E-state index in [0.717, 1.165) is 12.8 Å². The zero-order chi connectivity index (χ0) is 14.9. The van der Waals surface area contributed by atoms with Gasteiger partial charge in [-0.3, -0.25) is 0 Å². The van der Waals surface area contributed by atoms with Crippen LogP contribution < -0.4 is 9.88 Å². The second kappa shape index (κ2) is 5.46. The predicted molar refractivity (Wildman–Crippen MR) is 78.8 cm³/mol. The standard InChI is InChI=1S/C15H16N2O3S/c16-21(18,19)14-6-3-9-17-15(14)20-13-8-7-11-4-1-2-5-12(11)10-13/h3,6-10H,1-2,4-5H2,(H2,16,18,19). The molecule has 1 aliphatic rings. The fraction of sp³-hybridized carbons (Fsp3) is 0.267. The van der Waals surface area contributed by atoms with Crippen LogP contribution in [0, 0.1) is 0 Å². The van der Waals surface area contributed by atoms with Crippen LogP contribution in [0.1, 0.15) is 24.0 Å². The third-order valence-corrected chi connectivity index (χ3v) is 4.50. The van der Waals surface area contributed by atoms with Crippen LogP contribution in [0.3, 0.4) is 0 Å². The first-order valence-electron chi connectivity index (χ1n) is 6.81. The average molecular weight is 304 g/mol. The maximum atomic E-state index is 11.5. The maximum absolute atomic E-state index is 11.5. The monoisotopic (exact) mass is 304 g/mol. The van der Waals surface area contributed by atoms with E-state index in [9.17, 15) is 8.42 Å². The zero-order valence-corrected chi connectivity index (χ0v) is 12.3. The molecular formula is C15H16N2O3S. The lowest BCUT2D eigenvalue weighted by Gasteiger charge is -2.16. The number of fused-ring (bicyclic) bond motifs is 1. The van der Waals surface area contributed by atoms with Crippen molar-refractivity contribution in [2.45, 2.75) is 30.6 Å². The second-order valence-corrected chi connectivity index (χ2v) is 6.62. The molecule has 1 aliphatic carbocycles. The number of primary sulfonamides is 1. The summed E-state index contributed by atoms with van der Waals surface area (Å²) in [6.45, 7) is 0. The van der Waals surface area contributed by atoms with Gasteiger partial charge in [0, 0.05) is 6.20 Å². The van der Waals surface area contributed by atoms with E-state index in [1.165, 1.54) is 42.3 Å². The molecule has 1 aromatic carbocycles. The Labute approximate surface area is 123 Å². The van der Waals surface area contributed by atoms with Gasteiger partial charge in [0.1, 0.15) is 10.6 Å². The smallest absolute Gasteiger partial charge is 0.243 e. The van der Waals surface area contributed by atoms with Crippen LogP contribution in [0.4, 0.5) is 0 Å². The topological polar surface area (TPSA) is 82.3 Å². The van der Waals surface area contributed by atoms with Crippen molar-refractivity contribution >= 4 is 10.0 Å². The molecular weight excluding hydrogens is 288 g/mol. The Kier molecular flexibility index (Phi) is 3.65. The number of aryl methyl sites for hydroxylation is 2. The lowest BCUT2D eigenvalue weighted by atomic mass is 9.92. The highest BCUT2D eigenvalue weighted by atomic mass is 32.2. The van der Waals surface area contributed by atoms with Crippen molar-refractivity contribution in [3.63, 3.8) is 0 Å². The minimum Gasteiger partial charge on any atom is -0.438 e. The first kappa shape index (κ1) is 14.0. The van der Waals surface area contributed by atoms with E-state index in [2.05, 4.69) is 4.98 Å². The summed E-state index contributed by atoms with van der Waals surface area (Å²) < 4.78 is 28.7. The summed E-state index contributed by atoms with van der Waals surface area (Å²) >= 11 is 0. The first-order chi connectivity index (χ1) is 10.0. The molecule has 0 unspecified atom stereocenters. The molecule has 110 valence electrons. The molecule has 1 heterocycles. The van der Waals surface area contributed by atoms with Gasteiger partial charge in [-0.15, -0.1) is 0 Å². The number of benzene rings is 1. The van der Waals surface area contributed by atoms with E-state index in [-0.39, 0.29) is 10.8 Å². The van der Waals surface area contributed by atoms with Gasteiger partial charge in [-0.25, -0.2) is 18.5 Å². The van der Waals surface area contributed by atoms with Crippen LogP contribution in [0.15, 0.2) is 41.4 Å². The molecule has 5 nitrogen and oxygen atoms in total. The van der Waals surface area contributed by atoms with Crippen molar-refractivity contribution in [2.24, 2.45) is 5.14 Å². The number of ether oxygens (including phenoxy) is 1. The van der Waals surface area contributed by atoms with Crippen LogP contribution in [-0.4, -0.2) is 13.4 Å². The van der Waals surface area contributed by atoms with Crippen LogP contribution >= 0.6 is 0 Å². The van der Waals surface area contributed by atoms with Gasteiger partial charge in [-0.05, 0) is 61.1 Å². The molecule has 21 heavy (non-hydrogen) atoms. The van der Waals surface area contributed by atoms with E-state index >= 15 is 0 Å². The third kappa shape index (κ3) is 3.06. The molecule has 1 aromatic heterocycles. The highest BCUT2D eigenvalue weighted by Crippen LogP contribution is 2.29. The predicted octanol–water partition coefficient (Wildman–Crippen LogP) is 2.40. The molecule has 3 rings (SSSR count). The fourth-order valence-electron chi connectivity index (χ4n) is 2.55. The molecule has 0 radical (unpaired) electrons. The van der Waals surface area contributed by atoms with Crippen molar-refractivity contribution in [3.8, 4) is 11.6 Å². The van der Waals surface area contributed by atoms with Gasteiger partial charge in [0.25, 0.3) is 0 Å². The Morgan fingerprint density at radius 2 is 1.86 bits per heavy atom. The van der Waals surface area contributed by atoms with Crippen molar-refractivity contribution in [1.82, 2.24) is 4.98 Å². The normalized spacial score (nSPS) is 14.5. The maximum Gasteiger partial charge on any atom is 0.243 e. The van der Waals surface area contributed by atoms with Gasteiger partial charge in [-0.1, -0.05) is 6.07 Å². The van der Waals surface area contributed by atoms with Crippen LogP contribution in [0.2, 0.25) is 0 Å². The Bertz CT molecular complexity index is 772. The van der Waals surface area contributed by atoms with E-state index in [1.807, 2.05) is 18.2 Å². The summed E-state index contributed by atoms with van der Waals surface area (Å²) in [6.07, 6.45) is 5.96. The molecule has 0 aliphatic heterocycles. The highest BCUT2D eigenvalue weighted by Gasteiger charge is 2.17. The zero-order valence-electron chi connectivity index (χ0n) is 11.5. The molecule has 0 amide bonds. The molecule has 0 spiro atoms. The van der Waals surface area contributed by atoms with E-state index in [1.54, 1.807) is 0 Å². The number of nitrogens with zero attached hydrogens (tertiary/aromatic N) is 1. The van der Waals surface area contributed by atoms with Gasteiger partial charge < -0.3 is 4.74 Å². The van der Waals surface area contributed by atoms with Crippen molar-refractivity contribution < 1.29 is 13.2 Å². The van der Waals surface area contributed by atoms with E-state index < -0.39 is 10.0 Å². The van der Waals surface area contributed by atoms with Crippen molar-refractivity contribution in [3.05, 3.63) is 47.7 Å². The molecule has 0 fully saturated rings. The number of aromatic nitrogens is 1. The summed E-state index contributed by atoms with van der Waals surface area (Å²) in [5.41, 5.74) is 2.59. The molecule has 0 atom stereocenters. The van der Waals surface area contributed by atoms with Crippen molar-refractivity contribution in [2.75, 3.05) is 0 Å². The van der Waals surface area contributed by atoms with Gasteiger partial charge in [0.15, 0.2) is 0 Å². The number of rotatable bonds is 3. The highest BCUT2D eigenvalue weighted by molar-refractivity contribution is 7.89. The van der Waals surface area contributed by atoms with Gasteiger partial charge in [-0.2, -0.15) is 0 Å². The lowest BCUT2D eigenvalue weighted by molar-refractivity contribution is 0.446. The van der Waals surface area contributed by atoms with Gasteiger partial charge in [0.2, 0.25) is 15.9 Å². The summed E-state index contributed by atoms with van der Waals surface area (Å²) in [7, 11) is -3.86. The van der Waals surface area contributed by atoms with E-state index in [0.29, 0.717) is 5.75 Å². The SMILES string of the molecule is NS(=O)(=O)c1cccnc1Oc1ccc2c(c1)CCCC2. The summed E-state index contributed by atoms with van der Waals surface area (Å²) in [4.78, 5) is 3.86. The second-order valence-electron chi connectivity index (χ2n) is 5.09. The number of hydrogen-bond acceptors (Lipinski definition) is 4. The molecule has 0 saturated heterocycles. The number of sulfonamides is 1. The Hall–Kier alpha value is -1.92. The Balaban J connectivity index is 1.94. The van der Waals surface area contributed by atoms with Crippen LogP contribution in [0.5, 0.6) is 11.6 Å². The summed E-state index contributed by atoms with van der Waals surface area (Å²) in [5, 5.41) is 5.17. The minimum absolute atomic E-state index is 0.00996. The number of pyridine rings is 1. The molecule has 2 N–H and O–H groups in total. The number of hydrogen-bond donors (Lipinski definition) is 1. The van der Waals surface area contributed by atoms with Crippen LogP contribution in [-0.2, 0) is 22.9 Å². The quantitative estimate of drug-likeness (QED) is 0.944. The fourth-order valence-corrected chi connectivity index (χ4v) is 3.16. The molecule has 6 heteroatoms. The van der Waals surface area contributed by atoms with Gasteiger partial charge >= 0.3 is 0 Å². The number of nitrogens with two attached hydrogens (primary N) is 1. The third-order valence-electron chi connectivity index (χ3n) is 3.58. The van der Waals surface area contributed by atoms with Crippen molar-refractivity contribution in [1.29, 1.82) is 0 Å². The first-order valence-corrected chi connectivity index (χ1v) is 8.36. The lowest BCUT2D eigenvalue weighted by Crippen LogP contribution is -2.13. The molecule has 0 bridgehead atoms. The average Bonchev–Trinajstić information content (AvgIpc) is 2.46. The van der Waals surface area contributed by atoms with Gasteiger partial charge in [0.05, 0.1) is 0 Å². The molecule has 0 saturated carbocycles. The van der Waals surface area contributed by atoms with Crippen LogP contribution in [0.25, 0.3) is 0 Å². The van der Waals surface area contributed by atoms with E-state index in [4.69, 9.17) is 9.88 Å². The summed E-state index contributed by atoms with van der Waals surface area (Å²) in [5.74, 6) is 0.593. The minimum atomic E-state index is -3.86. The summed E-state index contributed by atoms with van der Waals surface area (Å²) in [6, 6.07) is 8.72. The Morgan fingerprint density at radius 3 is 2.62 bits per heavy atom. The largest absolute Gasteiger partial charge is 0.438 e.